The van der Waals surface area contributed by atoms with Gasteiger partial charge in [-0.05, 0) is 25.0 Å². The summed E-state index contributed by atoms with van der Waals surface area (Å²) in [5.74, 6) is -1.17. The molecule has 0 bridgehead atoms. The summed E-state index contributed by atoms with van der Waals surface area (Å²) >= 11 is 0. The molecule has 100 valence electrons. The fourth-order valence-corrected chi connectivity index (χ4v) is 1.79. The zero-order valence-electron chi connectivity index (χ0n) is 9.54. The number of ether oxygens (including phenoxy) is 2. The zero-order valence-corrected chi connectivity index (χ0v) is 9.54. The molecule has 1 atom stereocenters. The highest BCUT2D eigenvalue weighted by molar-refractivity contribution is 6.73. The molecule has 1 aliphatic rings. The molecule has 0 spiro atoms. The summed E-state index contributed by atoms with van der Waals surface area (Å²) in [6.07, 6.45) is 1.51. The smallest absolute Gasteiger partial charge is 0.488 e. The summed E-state index contributed by atoms with van der Waals surface area (Å²) in [7, 11) is 0. The van der Waals surface area contributed by atoms with Gasteiger partial charge in [0.25, 0.3) is 0 Å². The van der Waals surface area contributed by atoms with Crippen LogP contribution < -0.4 is 10.2 Å². The molecule has 0 N–H and O–H groups in total. The molecule has 0 aromatic heterocycles. The van der Waals surface area contributed by atoms with Crippen LogP contribution in [0.1, 0.15) is 12.8 Å². The van der Waals surface area contributed by atoms with E-state index in [1.165, 1.54) is 0 Å². The van der Waals surface area contributed by atoms with Gasteiger partial charge in [-0.25, -0.2) is 4.39 Å². The van der Waals surface area contributed by atoms with Crippen LogP contribution in [0.2, 0.25) is 0 Å². The minimum atomic E-state index is -5.14. The van der Waals surface area contributed by atoms with Crippen molar-refractivity contribution < 1.29 is 26.8 Å². The number of rotatable bonds is 4. The second-order valence-electron chi connectivity index (χ2n) is 4.21. The van der Waals surface area contributed by atoms with Crippen molar-refractivity contribution >= 4 is 12.4 Å². The number of benzene rings is 1. The Hall–Kier alpha value is -1.24. The van der Waals surface area contributed by atoms with Gasteiger partial charge in [-0.2, -0.15) is 0 Å². The third-order valence-corrected chi connectivity index (χ3v) is 2.78. The first-order valence-corrected chi connectivity index (χ1v) is 5.70. The largest absolute Gasteiger partial charge is 0.509 e. The summed E-state index contributed by atoms with van der Waals surface area (Å²) in [4.78, 5) is 0. The highest BCUT2D eigenvalue weighted by Crippen LogP contribution is 2.20. The molecule has 1 fully saturated rings. The van der Waals surface area contributed by atoms with Crippen molar-refractivity contribution in [2.75, 3.05) is 13.2 Å². The Balaban J connectivity index is 2.06. The van der Waals surface area contributed by atoms with Gasteiger partial charge in [-0.3, -0.25) is 0 Å². The standard InChI is InChI=1S/C11H12BF4O2/c13-10-4-3-8(12(14,15)16)6-11(10)18-7-9-2-1-5-17-9/h3-4,6,9H,1-2,5,7H2/q-1. The maximum atomic E-state index is 13.3. The zero-order chi connectivity index (χ0) is 13.2. The Morgan fingerprint density at radius 3 is 2.72 bits per heavy atom. The predicted molar refractivity (Wildman–Crippen MR) is 59.6 cm³/mol. The quantitative estimate of drug-likeness (QED) is 0.613. The maximum absolute atomic E-state index is 13.3. The number of hydrogen-bond donors (Lipinski definition) is 0. The van der Waals surface area contributed by atoms with Gasteiger partial charge in [-0.15, -0.1) is 5.46 Å². The van der Waals surface area contributed by atoms with E-state index >= 15 is 0 Å². The van der Waals surface area contributed by atoms with Crippen LogP contribution >= 0.6 is 0 Å². The fraction of sp³-hybridized carbons (Fsp3) is 0.455. The summed E-state index contributed by atoms with van der Waals surface area (Å²) in [5, 5.41) is 0. The molecule has 2 nitrogen and oxygen atoms in total. The SMILES string of the molecule is Fc1ccc([B-](F)(F)F)cc1OCC1CCCO1. The first-order valence-electron chi connectivity index (χ1n) is 5.70. The lowest BCUT2D eigenvalue weighted by atomic mass is 9.80. The van der Waals surface area contributed by atoms with E-state index in [2.05, 4.69) is 0 Å². The van der Waals surface area contributed by atoms with E-state index in [1.807, 2.05) is 0 Å². The van der Waals surface area contributed by atoms with E-state index in [9.17, 15) is 17.3 Å². The van der Waals surface area contributed by atoms with Crippen molar-refractivity contribution in [3.05, 3.63) is 24.0 Å². The Morgan fingerprint density at radius 1 is 1.33 bits per heavy atom. The molecule has 1 saturated heterocycles. The second kappa shape index (κ2) is 5.18. The Labute approximate surface area is 102 Å². The monoisotopic (exact) mass is 263 g/mol. The first-order chi connectivity index (χ1) is 8.47. The maximum Gasteiger partial charge on any atom is 0.509 e. The van der Waals surface area contributed by atoms with Gasteiger partial charge >= 0.3 is 6.98 Å². The lowest BCUT2D eigenvalue weighted by Gasteiger charge is -2.17. The van der Waals surface area contributed by atoms with Crippen LogP contribution in [0.15, 0.2) is 18.2 Å². The van der Waals surface area contributed by atoms with Crippen LogP contribution in [-0.2, 0) is 4.74 Å². The molecule has 7 heteroatoms. The van der Waals surface area contributed by atoms with Gasteiger partial charge in [0.2, 0.25) is 0 Å². The molecular weight excluding hydrogens is 251 g/mol. The fourth-order valence-electron chi connectivity index (χ4n) is 1.79. The van der Waals surface area contributed by atoms with Crippen LogP contribution in [0.4, 0.5) is 17.3 Å². The summed E-state index contributed by atoms with van der Waals surface area (Å²) in [5.41, 5.74) is -0.862. The van der Waals surface area contributed by atoms with Crippen LogP contribution in [-0.4, -0.2) is 26.3 Å². The summed E-state index contributed by atoms with van der Waals surface area (Å²) in [6.45, 7) is -4.46. The molecule has 0 radical (unpaired) electrons. The van der Waals surface area contributed by atoms with Gasteiger partial charge in [0, 0.05) is 6.61 Å². The summed E-state index contributed by atoms with van der Waals surface area (Å²) < 4.78 is 61.1. The minimum Gasteiger partial charge on any atom is -0.488 e. The predicted octanol–water partition coefficient (Wildman–Crippen LogP) is 2.44. The third kappa shape index (κ3) is 3.16. The molecule has 0 aliphatic carbocycles. The summed E-state index contributed by atoms with van der Waals surface area (Å²) in [6, 6.07) is 2.19. The highest BCUT2D eigenvalue weighted by atomic mass is 19.4. The lowest BCUT2D eigenvalue weighted by molar-refractivity contribution is 0.0666. The van der Waals surface area contributed by atoms with Crippen molar-refractivity contribution in [1.82, 2.24) is 0 Å². The van der Waals surface area contributed by atoms with Gasteiger partial charge in [0.1, 0.15) is 6.61 Å². The van der Waals surface area contributed by atoms with Gasteiger partial charge in [-0.1, -0.05) is 6.07 Å². The molecular formula is C11H12BF4O2-. The molecule has 0 amide bonds. The average molecular weight is 263 g/mol. The lowest BCUT2D eigenvalue weighted by Crippen LogP contribution is -2.34. The molecule has 2 rings (SSSR count). The molecule has 18 heavy (non-hydrogen) atoms. The molecule has 1 aromatic carbocycles. The van der Waals surface area contributed by atoms with Gasteiger partial charge < -0.3 is 22.4 Å². The van der Waals surface area contributed by atoms with E-state index < -0.39 is 18.3 Å². The second-order valence-corrected chi connectivity index (χ2v) is 4.21. The van der Waals surface area contributed by atoms with Crippen molar-refractivity contribution in [2.24, 2.45) is 0 Å². The van der Waals surface area contributed by atoms with Crippen molar-refractivity contribution in [3.63, 3.8) is 0 Å². The Bertz CT molecular complexity index is 416. The molecule has 1 unspecified atom stereocenters. The highest BCUT2D eigenvalue weighted by Gasteiger charge is 2.26. The number of halogens is 4. The topological polar surface area (TPSA) is 18.5 Å². The van der Waals surface area contributed by atoms with Crippen LogP contribution in [0.25, 0.3) is 0 Å². The molecule has 0 saturated carbocycles. The van der Waals surface area contributed by atoms with Crippen LogP contribution in [0.5, 0.6) is 5.75 Å². The van der Waals surface area contributed by atoms with Crippen LogP contribution in [0, 0.1) is 5.82 Å². The Morgan fingerprint density at radius 2 is 2.11 bits per heavy atom. The number of hydrogen-bond acceptors (Lipinski definition) is 2. The van der Waals surface area contributed by atoms with Crippen molar-refractivity contribution in [1.29, 1.82) is 0 Å². The minimum absolute atomic E-state index is 0.0746. The van der Waals surface area contributed by atoms with Crippen molar-refractivity contribution in [2.45, 2.75) is 18.9 Å². The van der Waals surface area contributed by atoms with E-state index in [4.69, 9.17) is 9.47 Å². The average Bonchev–Trinajstić information content (AvgIpc) is 2.79. The molecule has 1 heterocycles. The molecule has 1 aromatic rings. The van der Waals surface area contributed by atoms with Gasteiger partial charge in [0.15, 0.2) is 11.6 Å². The van der Waals surface area contributed by atoms with E-state index in [0.717, 1.165) is 18.9 Å². The Kier molecular flexibility index (Phi) is 3.80. The van der Waals surface area contributed by atoms with Crippen molar-refractivity contribution in [3.8, 4) is 5.75 Å². The van der Waals surface area contributed by atoms with E-state index in [1.54, 1.807) is 0 Å². The van der Waals surface area contributed by atoms with Gasteiger partial charge in [0.05, 0.1) is 6.10 Å². The third-order valence-electron chi connectivity index (χ3n) is 2.78. The normalized spacial score (nSPS) is 20.1. The van der Waals surface area contributed by atoms with Crippen LogP contribution in [0.3, 0.4) is 0 Å². The first kappa shape index (κ1) is 13.2. The van der Waals surface area contributed by atoms with E-state index in [-0.39, 0.29) is 18.5 Å². The molecule has 1 aliphatic heterocycles. The van der Waals surface area contributed by atoms with E-state index in [0.29, 0.717) is 18.7 Å².